The van der Waals surface area contributed by atoms with E-state index >= 15 is 0 Å². The molecule has 2 aromatic heterocycles. The van der Waals surface area contributed by atoms with E-state index in [1.165, 1.54) is 0 Å². The molecule has 1 N–H and O–H groups in total. The number of hydrogen-bond acceptors (Lipinski definition) is 9. The Balaban J connectivity index is 1.55. The number of nitrogens with zero attached hydrogens (tertiary/aromatic N) is 6. The van der Waals surface area contributed by atoms with Gasteiger partial charge in [0, 0.05) is 46.5 Å². The molecule has 0 aromatic carbocycles. The molecule has 0 bridgehead atoms. The van der Waals surface area contributed by atoms with Gasteiger partial charge in [0.05, 0.1) is 11.0 Å². The standard InChI is InChI=1S/C14H20BrN7O2/c1-16-13-10(15)7-17-14(19-13)22-5-3-21(4-6-22)8-12-18-11(9-23-2)20-24-12/h7H,3-6,8-9H2,1-2H3,(H,16,17,19). The van der Waals surface area contributed by atoms with Gasteiger partial charge in [-0.3, -0.25) is 4.90 Å². The average Bonchev–Trinajstić information content (AvgIpc) is 3.03. The lowest BCUT2D eigenvalue weighted by atomic mass is 10.3. The van der Waals surface area contributed by atoms with Crippen LogP contribution in [-0.2, 0) is 17.9 Å². The van der Waals surface area contributed by atoms with Crippen LogP contribution in [0.25, 0.3) is 0 Å². The lowest BCUT2D eigenvalue weighted by Gasteiger charge is -2.34. The summed E-state index contributed by atoms with van der Waals surface area (Å²) < 4.78 is 11.1. The molecule has 1 fully saturated rings. The van der Waals surface area contributed by atoms with Crippen molar-refractivity contribution in [2.24, 2.45) is 0 Å². The van der Waals surface area contributed by atoms with Crippen molar-refractivity contribution in [3.05, 3.63) is 22.4 Å². The fourth-order valence-electron chi connectivity index (χ4n) is 2.52. The maximum Gasteiger partial charge on any atom is 0.240 e. The van der Waals surface area contributed by atoms with Gasteiger partial charge in [-0.2, -0.15) is 9.97 Å². The largest absolute Gasteiger partial charge is 0.377 e. The Morgan fingerprint density at radius 3 is 2.79 bits per heavy atom. The second kappa shape index (κ2) is 7.86. The summed E-state index contributed by atoms with van der Waals surface area (Å²) in [6.45, 7) is 4.49. The van der Waals surface area contributed by atoms with Crippen molar-refractivity contribution in [2.75, 3.05) is 50.6 Å². The number of hydrogen-bond donors (Lipinski definition) is 1. The summed E-state index contributed by atoms with van der Waals surface area (Å²) in [4.78, 5) is 17.7. The van der Waals surface area contributed by atoms with E-state index in [-0.39, 0.29) is 0 Å². The number of nitrogens with one attached hydrogen (secondary N) is 1. The highest BCUT2D eigenvalue weighted by Crippen LogP contribution is 2.22. The Morgan fingerprint density at radius 2 is 2.08 bits per heavy atom. The number of rotatable bonds is 6. The van der Waals surface area contributed by atoms with Crippen LogP contribution in [0.4, 0.5) is 11.8 Å². The SMILES string of the molecule is CNc1nc(N2CCN(Cc3nc(COC)no3)CC2)ncc1Br. The van der Waals surface area contributed by atoms with E-state index in [0.717, 1.165) is 42.4 Å². The van der Waals surface area contributed by atoms with E-state index < -0.39 is 0 Å². The van der Waals surface area contributed by atoms with E-state index in [1.54, 1.807) is 13.3 Å². The summed E-state index contributed by atoms with van der Waals surface area (Å²) in [5, 5.41) is 6.94. The van der Waals surface area contributed by atoms with Crippen LogP contribution < -0.4 is 10.2 Å². The minimum Gasteiger partial charge on any atom is -0.377 e. The van der Waals surface area contributed by atoms with E-state index in [1.807, 2.05) is 7.05 Å². The third-order valence-electron chi connectivity index (χ3n) is 3.77. The second-order valence-electron chi connectivity index (χ2n) is 5.42. The predicted octanol–water partition coefficient (Wildman–Crippen LogP) is 1.13. The van der Waals surface area contributed by atoms with Crippen molar-refractivity contribution in [3.8, 4) is 0 Å². The molecule has 9 nitrogen and oxygen atoms in total. The van der Waals surface area contributed by atoms with Crippen molar-refractivity contribution < 1.29 is 9.26 Å². The van der Waals surface area contributed by atoms with E-state index in [9.17, 15) is 0 Å². The Morgan fingerprint density at radius 1 is 1.29 bits per heavy atom. The normalized spacial score (nSPS) is 15.7. The highest BCUT2D eigenvalue weighted by molar-refractivity contribution is 9.10. The van der Waals surface area contributed by atoms with Crippen LogP contribution in [0.1, 0.15) is 11.7 Å². The molecule has 0 radical (unpaired) electrons. The molecule has 1 saturated heterocycles. The van der Waals surface area contributed by atoms with Crippen LogP contribution in [0, 0.1) is 0 Å². The monoisotopic (exact) mass is 397 g/mol. The van der Waals surface area contributed by atoms with Gasteiger partial charge in [0.15, 0.2) is 5.82 Å². The number of methoxy groups -OCH3 is 1. The summed E-state index contributed by atoms with van der Waals surface area (Å²) in [5.41, 5.74) is 0. The van der Waals surface area contributed by atoms with Gasteiger partial charge in [0.1, 0.15) is 12.4 Å². The van der Waals surface area contributed by atoms with Gasteiger partial charge >= 0.3 is 0 Å². The molecule has 0 saturated carbocycles. The Hall–Kier alpha value is -1.78. The second-order valence-corrected chi connectivity index (χ2v) is 6.27. The van der Waals surface area contributed by atoms with E-state index in [0.29, 0.717) is 24.9 Å². The fraction of sp³-hybridized carbons (Fsp3) is 0.571. The van der Waals surface area contributed by atoms with Crippen LogP contribution >= 0.6 is 15.9 Å². The first kappa shape index (κ1) is 17.1. The third kappa shape index (κ3) is 4.00. The first-order valence-corrected chi connectivity index (χ1v) is 8.47. The highest BCUT2D eigenvalue weighted by Gasteiger charge is 2.21. The molecule has 2 aromatic rings. The Kier molecular flexibility index (Phi) is 5.59. The average molecular weight is 398 g/mol. The number of piperazine rings is 1. The third-order valence-corrected chi connectivity index (χ3v) is 4.35. The molecule has 0 spiro atoms. The minimum atomic E-state index is 0.367. The molecule has 0 atom stereocenters. The van der Waals surface area contributed by atoms with Gasteiger partial charge in [-0.1, -0.05) is 5.16 Å². The summed E-state index contributed by atoms with van der Waals surface area (Å²) in [5.74, 6) is 2.73. The minimum absolute atomic E-state index is 0.367. The van der Waals surface area contributed by atoms with Gasteiger partial charge in [-0.05, 0) is 15.9 Å². The van der Waals surface area contributed by atoms with Crippen molar-refractivity contribution in [1.82, 2.24) is 25.0 Å². The fourth-order valence-corrected chi connectivity index (χ4v) is 2.91. The van der Waals surface area contributed by atoms with Crippen LogP contribution in [0.2, 0.25) is 0 Å². The van der Waals surface area contributed by atoms with E-state index in [2.05, 4.69) is 51.2 Å². The number of halogens is 1. The first-order valence-electron chi connectivity index (χ1n) is 7.67. The molecular weight excluding hydrogens is 378 g/mol. The summed E-state index contributed by atoms with van der Waals surface area (Å²) in [7, 11) is 3.45. The van der Waals surface area contributed by atoms with Crippen molar-refractivity contribution >= 4 is 27.7 Å². The molecule has 10 heteroatoms. The van der Waals surface area contributed by atoms with Crippen LogP contribution in [0.15, 0.2) is 15.2 Å². The zero-order valence-corrected chi connectivity index (χ0v) is 15.3. The number of anilines is 2. The lowest BCUT2D eigenvalue weighted by molar-refractivity contribution is 0.174. The summed E-state index contributed by atoms with van der Waals surface area (Å²) in [6, 6.07) is 0. The molecule has 3 heterocycles. The molecule has 1 aliphatic rings. The van der Waals surface area contributed by atoms with Crippen molar-refractivity contribution in [2.45, 2.75) is 13.2 Å². The quantitative estimate of drug-likeness (QED) is 0.769. The summed E-state index contributed by atoms with van der Waals surface area (Å²) >= 11 is 3.43. The molecule has 0 aliphatic carbocycles. The molecule has 3 rings (SSSR count). The maximum absolute atomic E-state index is 5.24. The number of aromatic nitrogens is 4. The highest BCUT2D eigenvalue weighted by atomic mass is 79.9. The smallest absolute Gasteiger partial charge is 0.240 e. The van der Waals surface area contributed by atoms with Gasteiger partial charge in [-0.25, -0.2) is 4.98 Å². The van der Waals surface area contributed by atoms with Gasteiger partial charge in [0.25, 0.3) is 0 Å². The topological polar surface area (TPSA) is 92.4 Å². The van der Waals surface area contributed by atoms with Gasteiger partial charge < -0.3 is 19.5 Å². The van der Waals surface area contributed by atoms with Gasteiger partial charge in [-0.15, -0.1) is 0 Å². The summed E-state index contributed by atoms with van der Waals surface area (Å²) in [6.07, 6.45) is 1.77. The first-order chi connectivity index (χ1) is 11.7. The zero-order chi connectivity index (χ0) is 16.9. The predicted molar refractivity (Wildman–Crippen MR) is 91.8 cm³/mol. The maximum atomic E-state index is 5.24. The molecule has 0 amide bonds. The molecule has 0 unspecified atom stereocenters. The van der Waals surface area contributed by atoms with Crippen molar-refractivity contribution in [3.63, 3.8) is 0 Å². The van der Waals surface area contributed by atoms with Crippen LogP contribution in [-0.4, -0.2) is 65.3 Å². The molecular formula is C14H20BrN7O2. The van der Waals surface area contributed by atoms with Crippen LogP contribution in [0.3, 0.4) is 0 Å². The molecule has 130 valence electrons. The van der Waals surface area contributed by atoms with Gasteiger partial charge in [0.2, 0.25) is 11.8 Å². The molecule has 24 heavy (non-hydrogen) atoms. The Labute approximate surface area is 148 Å². The number of ether oxygens (including phenoxy) is 1. The van der Waals surface area contributed by atoms with Crippen molar-refractivity contribution in [1.29, 1.82) is 0 Å². The van der Waals surface area contributed by atoms with Crippen LogP contribution in [0.5, 0.6) is 0 Å². The lowest BCUT2D eigenvalue weighted by Crippen LogP contribution is -2.46. The Bertz CT molecular complexity index is 673. The molecule has 1 aliphatic heterocycles. The zero-order valence-electron chi connectivity index (χ0n) is 13.7. The van der Waals surface area contributed by atoms with E-state index in [4.69, 9.17) is 9.26 Å².